The van der Waals surface area contributed by atoms with Gasteiger partial charge in [0.25, 0.3) is 5.91 Å². The van der Waals surface area contributed by atoms with Gasteiger partial charge in [-0.15, -0.1) is 0 Å². The van der Waals surface area contributed by atoms with E-state index >= 15 is 0 Å². The van der Waals surface area contributed by atoms with Gasteiger partial charge < -0.3 is 25.8 Å². The van der Waals surface area contributed by atoms with Crippen molar-refractivity contribution in [1.82, 2.24) is 30.6 Å². The molecule has 10 nitrogen and oxygen atoms in total. The van der Waals surface area contributed by atoms with Crippen LogP contribution < -0.4 is 20.9 Å². The lowest BCUT2D eigenvalue weighted by Gasteiger charge is -2.33. The summed E-state index contributed by atoms with van der Waals surface area (Å²) in [6.45, 7) is 2.29. The summed E-state index contributed by atoms with van der Waals surface area (Å²) in [7, 11) is 1.67. The third-order valence-electron chi connectivity index (χ3n) is 6.52. The van der Waals surface area contributed by atoms with E-state index in [1.807, 2.05) is 12.1 Å². The van der Waals surface area contributed by atoms with Crippen LogP contribution in [0.25, 0.3) is 11.4 Å². The van der Waals surface area contributed by atoms with Crippen LogP contribution in [0, 0.1) is 11.7 Å². The molecule has 0 radical (unpaired) electrons. The zero-order valence-corrected chi connectivity index (χ0v) is 19.4. The lowest BCUT2D eigenvalue weighted by Crippen LogP contribution is -2.35. The van der Waals surface area contributed by atoms with E-state index < -0.39 is 5.82 Å². The first-order valence-electron chi connectivity index (χ1n) is 11.7. The topological polar surface area (TPSA) is 128 Å². The van der Waals surface area contributed by atoms with Crippen LogP contribution in [0.2, 0.25) is 0 Å². The summed E-state index contributed by atoms with van der Waals surface area (Å²) < 4.78 is 14.5. The van der Waals surface area contributed by atoms with Gasteiger partial charge in [-0.1, -0.05) is 0 Å². The molecule has 0 aliphatic carbocycles. The molecule has 0 bridgehead atoms. The number of H-pyrrole nitrogens is 1. The van der Waals surface area contributed by atoms with Gasteiger partial charge in [-0.3, -0.25) is 9.59 Å². The highest BCUT2D eigenvalue weighted by Crippen LogP contribution is 2.27. The molecule has 5 rings (SSSR count). The van der Waals surface area contributed by atoms with E-state index in [2.05, 4.69) is 40.8 Å². The molecular weight excluding hydrogens is 451 g/mol. The van der Waals surface area contributed by atoms with Gasteiger partial charge >= 0.3 is 0 Å². The fourth-order valence-electron chi connectivity index (χ4n) is 4.56. The smallest absolute Gasteiger partial charge is 0.253 e. The summed E-state index contributed by atoms with van der Waals surface area (Å²) in [5, 5.41) is 8.49. The summed E-state index contributed by atoms with van der Waals surface area (Å²) in [6, 6.07) is 5.41. The third kappa shape index (κ3) is 4.93. The van der Waals surface area contributed by atoms with Crippen LogP contribution in [0.5, 0.6) is 0 Å². The van der Waals surface area contributed by atoms with E-state index in [9.17, 15) is 14.0 Å². The molecule has 4 N–H and O–H groups in total. The van der Waals surface area contributed by atoms with Gasteiger partial charge in [0.15, 0.2) is 5.82 Å². The third-order valence-corrected chi connectivity index (χ3v) is 6.52. The first kappa shape index (κ1) is 22.8. The Morgan fingerprint density at radius 1 is 1.23 bits per heavy atom. The van der Waals surface area contributed by atoms with E-state index in [0.29, 0.717) is 42.4 Å². The lowest BCUT2D eigenvalue weighted by atomic mass is 9.93. The highest BCUT2D eigenvalue weighted by atomic mass is 19.1. The molecule has 0 aromatic carbocycles. The van der Waals surface area contributed by atoms with Gasteiger partial charge in [-0.05, 0) is 37.0 Å². The average molecular weight is 479 g/mol. The molecule has 1 fully saturated rings. The monoisotopic (exact) mass is 478 g/mol. The van der Waals surface area contributed by atoms with Crippen molar-refractivity contribution in [3.8, 4) is 11.4 Å². The molecule has 3 aromatic heterocycles. The molecule has 0 saturated carbocycles. The maximum absolute atomic E-state index is 14.5. The van der Waals surface area contributed by atoms with Crippen LogP contribution in [0.15, 0.2) is 30.6 Å². The fraction of sp³-hybridized carbons (Fsp3) is 0.375. The fourth-order valence-corrected chi connectivity index (χ4v) is 4.56. The van der Waals surface area contributed by atoms with Crippen LogP contribution in [0.1, 0.15) is 35.3 Å². The summed E-state index contributed by atoms with van der Waals surface area (Å²) in [4.78, 5) is 41.8. The Hall–Kier alpha value is -4.02. The van der Waals surface area contributed by atoms with E-state index in [-0.39, 0.29) is 23.5 Å². The molecule has 2 aliphatic heterocycles. The molecule has 35 heavy (non-hydrogen) atoms. The Bertz CT molecular complexity index is 1230. The number of hydrogen-bond donors (Lipinski definition) is 4. The summed E-state index contributed by atoms with van der Waals surface area (Å²) in [6.07, 6.45) is 6.03. The van der Waals surface area contributed by atoms with Crippen molar-refractivity contribution in [2.24, 2.45) is 5.92 Å². The summed E-state index contributed by atoms with van der Waals surface area (Å²) in [5.41, 5.74) is 2.80. The molecule has 2 amide bonds. The van der Waals surface area contributed by atoms with Crippen molar-refractivity contribution < 1.29 is 14.0 Å². The summed E-state index contributed by atoms with van der Waals surface area (Å²) >= 11 is 0. The maximum Gasteiger partial charge on any atom is 0.253 e. The molecule has 0 atom stereocenters. The zero-order chi connectivity index (χ0) is 24.4. The number of pyridine rings is 1. The summed E-state index contributed by atoms with van der Waals surface area (Å²) in [5.74, 6) is 0.469. The SMILES string of the molecule is CNC(=O)CC1CCN(c2ccc(Nc3ncc(F)c(-c4cc5c([nH]4)CCNC5=O)n3)nc2)CC1. The predicted molar refractivity (Wildman–Crippen MR) is 129 cm³/mol. The highest BCUT2D eigenvalue weighted by molar-refractivity contribution is 5.97. The van der Waals surface area contributed by atoms with Gasteiger partial charge in [-0.2, -0.15) is 0 Å². The van der Waals surface area contributed by atoms with E-state index in [1.165, 1.54) is 0 Å². The minimum atomic E-state index is -0.585. The second-order valence-corrected chi connectivity index (χ2v) is 8.81. The Kier molecular flexibility index (Phi) is 6.30. The molecule has 0 spiro atoms. The number of anilines is 3. The van der Waals surface area contributed by atoms with Gasteiger partial charge in [0.05, 0.1) is 29.3 Å². The van der Waals surface area contributed by atoms with Gasteiger partial charge in [-0.25, -0.2) is 19.3 Å². The standard InChI is InChI=1S/C24H27FN8O2/c1-26-21(34)10-14-5-8-33(9-6-14)15-2-3-20(28-12-15)31-24-29-13-17(25)22(32-24)19-11-16-18(30-19)4-7-27-23(16)35/h2-3,11-14,30H,4-10H2,1H3,(H,26,34)(H,27,35)(H,28,29,31,32). The zero-order valence-electron chi connectivity index (χ0n) is 19.4. The number of fused-ring (bicyclic) bond motifs is 1. The van der Waals surface area contributed by atoms with E-state index in [1.54, 1.807) is 19.3 Å². The second-order valence-electron chi connectivity index (χ2n) is 8.81. The van der Waals surface area contributed by atoms with Gasteiger partial charge in [0.1, 0.15) is 11.5 Å². The predicted octanol–water partition coefficient (Wildman–Crippen LogP) is 2.39. The Morgan fingerprint density at radius 3 is 2.77 bits per heavy atom. The lowest BCUT2D eigenvalue weighted by molar-refractivity contribution is -0.121. The van der Waals surface area contributed by atoms with Gasteiger partial charge in [0.2, 0.25) is 11.9 Å². The number of aromatic amines is 1. The second kappa shape index (κ2) is 9.69. The Balaban J connectivity index is 1.25. The van der Waals surface area contributed by atoms with Crippen molar-refractivity contribution in [3.05, 3.63) is 47.7 Å². The molecule has 11 heteroatoms. The molecule has 0 unspecified atom stereocenters. The number of carbonyl (C=O) groups excluding carboxylic acids is 2. The van der Waals surface area contributed by atoms with Gasteiger partial charge in [0, 0.05) is 45.2 Å². The van der Waals surface area contributed by atoms with E-state index in [4.69, 9.17) is 0 Å². The van der Waals surface area contributed by atoms with Crippen molar-refractivity contribution in [2.45, 2.75) is 25.7 Å². The van der Waals surface area contributed by atoms with Crippen molar-refractivity contribution in [2.75, 3.05) is 36.9 Å². The minimum Gasteiger partial charge on any atom is -0.370 e. The largest absolute Gasteiger partial charge is 0.370 e. The molecule has 3 aromatic rings. The molecule has 5 heterocycles. The number of nitrogens with zero attached hydrogens (tertiary/aromatic N) is 4. The normalized spacial score (nSPS) is 15.9. The number of amides is 2. The number of carbonyl (C=O) groups is 2. The average Bonchev–Trinajstić information content (AvgIpc) is 3.32. The molecule has 1 saturated heterocycles. The minimum absolute atomic E-state index is 0.0842. The van der Waals surface area contributed by atoms with E-state index in [0.717, 1.165) is 43.5 Å². The van der Waals surface area contributed by atoms with Crippen LogP contribution in [-0.2, 0) is 11.2 Å². The molecule has 2 aliphatic rings. The first-order valence-corrected chi connectivity index (χ1v) is 11.7. The first-order chi connectivity index (χ1) is 17.0. The molecular formula is C24H27FN8O2. The number of nitrogens with one attached hydrogen (secondary N) is 4. The van der Waals surface area contributed by atoms with Crippen molar-refractivity contribution in [3.63, 3.8) is 0 Å². The number of aromatic nitrogens is 4. The van der Waals surface area contributed by atoms with Crippen LogP contribution in [0.3, 0.4) is 0 Å². The van der Waals surface area contributed by atoms with Crippen LogP contribution in [-0.4, -0.2) is 58.4 Å². The van der Waals surface area contributed by atoms with Crippen molar-refractivity contribution >= 4 is 29.3 Å². The highest BCUT2D eigenvalue weighted by Gasteiger charge is 2.23. The maximum atomic E-state index is 14.5. The van der Waals surface area contributed by atoms with Crippen LogP contribution in [0.4, 0.5) is 21.8 Å². The number of halogens is 1. The van der Waals surface area contributed by atoms with Crippen LogP contribution >= 0.6 is 0 Å². The Labute approximate surface area is 201 Å². The number of hydrogen-bond acceptors (Lipinski definition) is 7. The quantitative estimate of drug-likeness (QED) is 0.428. The number of piperidine rings is 1. The Morgan fingerprint density at radius 2 is 2.06 bits per heavy atom. The molecule has 182 valence electrons. The number of rotatable bonds is 6. The van der Waals surface area contributed by atoms with Crippen molar-refractivity contribution in [1.29, 1.82) is 0 Å².